The number of aromatic nitrogens is 11. The number of hydrogen-bond donors (Lipinski definition) is 2. The average Bonchev–Trinajstić information content (AvgIpc) is 3.78. The second kappa shape index (κ2) is 7.47. The lowest BCUT2D eigenvalue weighted by molar-refractivity contribution is 0.218. The van der Waals surface area contributed by atoms with Crippen molar-refractivity contribution in [2.75, 3.05) is 0 Å². The highest BCUT2D eigenvalue weighted by molar-refractivity contribution is 8.16. The first-order chi connectivity index (χ1) is 19.3. The molecule has 0 saturated heterocycles. The Balaban J connectivity index is 1.35. The highest BCUT2D eigenvalue weighted by atomic mass is 32.2. The van der Waals surface area contributed by atoms with Crippen molar-refractivity contribution in [1.82, 2.24) is 55.6 Å². The number of hydrogen-bond acceptors (Lipinski definition) is 16. The number of thioether (sulfide) groups is 1. The fourth-order valence-corrected chi connectivity index (χ4v) is 5.44. The minimum atomic E-state index is -0.869. The van der Waals surface area contributed by atoms with Gasteiger partial charge in [0, 0.05) is 0 Å². The van der Waals surface area contributed by atoms with Crippen molar-refractivity contribution in [3.8, 4) is 17.2 Å². The third kappa shape index (κ3) is 2.91. The largest absolute Gasteiger partial charge is 0.443 e. The van der Waals surface area contributed by atoms with Gasteiger partial charge in [-0.15, -0.1) is 20.4 Å². The third-order valence-corrected chi connectivity index (χ3v) is 7.20. The van der Waals surface area contributed by atoms with Gasteiger partial charge >= 0.3 is 0 Å². The summed E-state index contributed by atoms with van der Waals surface area (Å²) in [6, 6.07) is 3.52. The van der Waals surface area contributed by atoms with Crippen molar-refractivity contribution in [3.05, 3.63) is 29.8 Å². The van der Waals surface area contributed by atoms with Gasteiger partial charge in [-0.3, -0.25) is 9.67 Å². The minimum Gasteiger partial charge on any atom is -0.443 e. The zero-order chi connectivity index (χ0) is 25.5. The normalized spacial score (nSPS) is 20.8. The zero-order valence-electron chi connectivity index (χ0n) is 19.1. The number of aromatic amines is 2. The molecule has 4 aliphatic heterocycles. The first-order valence-electron chi connectivity index (χ1n) is 11.3. The summed E-state index contributed by atoms with van der Waals surface area (Å²) in [5.41, 5.74) is 3.38. The lowest BCUT2D eigenvalue weighted by atomic mass is 10.2. The van der Waals surface area contributed by atoms with Crippen LogP contribution in [0.2, 0.25) is 0 Å². The number of amidine groups is 2. The van der Waals surface area contributed by atoms with Gasteiger partial charge in [-0.05, 0) is 12.1 Å². The molecule has 0 bridgehead atoms. The smallest absolute Gasteiger partial charge is 0.263 e. The molecule has 9 rings (SSSR count). The first kappa shape index (κ1) is 20.5. The Hall–Kier alpha value is -5.59. The zero-order valence-corrected chi connectivity index (χ0v) is 19.9. The summed E-state index contributed by atoms with van der Waals surface area (Å²) >= 11 is 1.41. The number of H-pyrrole nitrogens is 2. The summed E-state index contributed by atoms with van der Waals surface area (Å²) in [6.45, 7) is 0. The Morgan fingerprint density at radius 2 is 1.92 bits per heavy atom. The predicted molar refractivity (Wildman–Crippen MR) is 138 cm³/mol. The predicted octanol–water partition coefficient (Wildman–Crippen LogP) is 0.719. The molecule has 2 N–H and O–H groups in total. The maximum absolute atomic E-state index is 6.03. The summed E-state index contributed by atoms with van der Waals surface area (Å²) in [7, 11) is 0. The number of nitrogens with zero attached hydrogens (tertiary/aromatic N) is 15. The van der Waals surface area contributed by atoms with E-state index >= 15 is 0 Å². The van der Waals surface area contributed by atoms with Gasteiger partial charge in [-0.1, -0.05) is 11.8 Å². The molecule has 19 heteroatoms. The highest BCUT2D eigenvalue weighted by Gasteiger charge is 2.40. The van der Waals surface area contributed by atoms with Crippen LogP contribution in [-0.4, -0.2) is 90.8 Å². The molecule has 0 aliphatic carbocycles. The number of aliphatic imine (C=N–C) groups is 6. The van der Waals surface area contributed by atoms with E-state index in [2.05, 4.69) is 71.0 Å². The molecule has 2 unspecified atom stereocenters. The number of fused-ring (bicyclic) bond motifs is 4. The molecule has 0 amide bonds. The van der Waals surface area contributed by atoms with Gasteiger partial charge in [-0.25, -0.2) is 29.9 Å². The standard InChI is InChI=1S/C20H9N17OS/c1-2-25-32-9-6(1)29-35-15(9)37-11(7-3-8-12(33-30-7)34-36-31-8)10(17-27-13-18(38-17)23-4-21-13)26-16(37)20-28-14-19(39-20)24-5-22-14/h1-5,17,20H,(H,29,35)(H,31,33,34,36). The molecule has 0 radical (unpaired) electrons. The van der Waals surface area contributed by atoms with Gasteiger partial charge in [0.05, 0.1) is 11.7 Å². The van der Waals surface area contributed by atoms with Crippen molar-refractivity contribution in [3.63, 3.8) is 0 Å². The van der Waals surface area contributed by atoms with Crippen molar-refractivity contribution in [2.24, 2.45) is 30.0 Å². The third-order valence-electron chi connectivity index (χ3n) is 6.15. The fourth-order valence-electron chi connectivity index (χ4n) is 4.50. The molecule has 39 heavy (non-hydrogen) atoms. The van der Waals surface area contributed by atoms with E-state index in [0.29, 0.717) is 73.5 Å². The van der Waals surface area contributed by atoms with Gasteiger partial charge in [0.15, 0.2) is 28.4 Å². The SMILES string of the molecule is C1=NC2=NC(c3nc(C4N=C5N=CN=C5S4)n(-c4n[nH]c5ccnnc45)c3-c3cc4n[nH]nc4nn3)OC2=N1. The Labute approximate surface area is 218 Å². The molecular formula is C20H9N17OS. The van der Waals surface area contributed by atoms with Crippen LogP contribution in [0.1, 0.15) is 23.1 Å². The number of rotatable bonds is 4. The van der Waals surface area contributed by atoms with Crippen molar-refractivity contribution in [2.45, 2.75) is 11.6 Å². The van der Waals surface area contributed by atoms with Crippen LogP contribution in [0.15, 0.2) is 48.3 Å². The van der Waals surface area contributed by atoms with Gasteiger partial charge in [0.25, 0.3) is 5.90 Å². The van der Waals surface area contributed by atoms with Crippen LogP contribution in [0.3, 0.4) is 0 Å². The van der Waals surface area contributed by atoms with E-state index in [1.165, 1.54) is 24.4 Å². The fraction of sp³-hybridized carbons (Fsp3) is 0.100. The Morgan fingerprint density at radius 1 is 0.974 bits per heavy atom. The van der Waals surface area contributed by atoms with E-state index in [9.17, 15) is 0 Å². The van der Waals surface area contributed by atoms with Crippen LogP contribution >= 0.6 is 11.8 Å². The monoisotopic (exact) mass is 535 g/mol. The summed E-state index contributed by atoms with van der Waals surface area (Å²) in [6.07, 6.45) is 3.57. The van der Waals surface area contributed by atoms with Gasteiger partial charge in [-0.2, -0.15) is 25.5 Å². The van der Waals surface area contributed by atoms with E-state index in [-0.39, 0.29) is 0 Å². The second-order valence-corrected chi connectivity index (χ2v) is 9.41. The molecule has 5 aromatic rings. The quantitative estimate of drug-likeness (QED) is 0.328. The molecule has 4 aliphatic rings. The number of ether oxygens (including phenoxy) is 1. The number of nitrogens with one attached hydrogen (secondary N) is 2. The van der Waals surface area contributed by atoms with Crippen LogP contribution in [-0.2, 0) is 4.74 Å². The van der Waals surface area contributed by atoms with E-state index < -0.39 is 11.6 Å². The maximum atomic E-state index is 6.03. The Kier molecular flexibility index (Phi) is 3.92. The lowest BCUT2D eigenvalue weighted by Gasteiger charge is -2.12. The lowest BCUT2D eigenvalue weighted by Crippen LogP contribution is -2.08. The van der Waals surface area contributed by atoms with E-state index in [1.807, 2.05) is 0 Å². The molecular weight excluding hydrogens is 526 g/mol. The molecule has 0 saturated carbocycles. The molecule has 0 aromatic carbocycles. The second-order valence-electron chi connectivity index (χ2n) is 8.35. The highest BCUT2D eigenvalue weighted by Crippen LogP contribution is 2.44. The van der Waals surface area contributed by atoms with E-state index in [1.54, 1.807) is 22.9 Å². The average molecular weight is 535 g/mol. The van der Waals surface area contributed by atoms with Crippen LogP contribution in [0, 0.1) is 0 Å². The summed E-state index contributed by atoms with van der Waals surface area (Å²) < 4.78 is 7.83. The molecule has 0 fully saturated rings. The van der Waals surface area contributed by atoms with Gasteiger partial charge < -0.3 is 4.74 Å². The molecule has 18 nitrogen and oxygen atoms in total. The van der Waals surface area contributed by atoms with Crippen LogP contribution in [0.4, 0.5) is 0 Å². The Morgan fingerprint density at radius 3 is 2.87 bits per heavy atom. The summed E-state index contributed by atoms with van der Waals surface area (Å²) in [5.74, 6) is 2.15. The van der Waals surface area contributed by atoms with Crippen LogP contribution < -0.4 is 0 Å². The first-order valence-corrected chi connectivity index (χ1v) is 12.2. The van der Waals surface area contributed by atoms with Gasteiger partial charge in [0.2, 0.25) is 17.7 Å². The number of imidazole rings is 1. The van der Waals surface area contributed by atoms with Crippen LogP contribution in [0.25, 0.3) is 39.4 Å². The maximum Gasteiger partial charge on any atom is 0.263 e. The summed E-state index contributed by atoms with van der Waals surface area (Å²) in [5, 5.41) is 35.6. The van der Waals surface area contributed by atoms with E-state index in [4.69, 9.17) is 14.7 Å². The van der Waals surface area contributed by atoms with Crippen molar-refractivity contribution in [1.29, 1.82) is 0 Å². The molecule has 9 heterocycles. The van der Waals surface area contributed by atoms with Crippen LogP contribution in [0.5, 0.6) is 0 Å². The van der Waals surface area contributed by atoms with E-state index in [0.717, 1.165) is 0 Å². The summed E-state index contributed by atoms with van der Waals surface area (Å²) in [4.78, 5) is 31.2. The Bertz CT molecular complexity index is 2060. The van der Waals surface area contributed by atoms with Gasteiger partial charge in [0.1, 0.15) is 40.3 Å². The molecule has 0 spiro atoms. The topological polar surface area (TPSA) is 223 Å². The molecule has 2 atom stereocenters. The molecule has 186 valence electrons. The molecule has 5 aromatic heterocycles. The van der Waals surface area contributed by atoms with Crippen molar-refractivity contribution < 1.29 is 4.74 Å². The minimum absolute atomic E-state index is 0.310. The van der Waals surface area contributed by atoms with Crippen molar-refractivity contribution >= 4 is 69.2 Å².